The maximum Gasteiger partial charge on any atom is 0.123 e. The molecule has 1 N–H and O–H groups in total. The molecule has 0 aliphatic rings. The van der Waals surface area contributed by atoms with Crippen molar-refractivity contribution >= 4 is 0 Å². The summed E-state index contributed by atoms with van der Waals surface area (Å²) in [4.78, 5) is 4.26. The van der Waals surface area contributed by atoms with Gasteiger partial charge in [0.15, 0.2) is 0 Å². The highest BCUT2D eigenvalue weighted by atomic mass is 19.1. The number of aryl methyl sites for hydroxylation is 1. The van der Waals surface area contributed by atoms with Crippen molar-refractivity contribution < 1.29 is 4.39 Å². The van der Waals surface area contributed by atoms with Crippen molar-refractivity contribution in [1.82, 2.24) is 10.3 Å². The lowest BCUT2D eigenvalue weighted by atomic mass is 10.00. The van der Waals surface area contributed by atoms with E-state index in [1.807, 2.05) is 38.4 Å². The van der Waals surface area contributed by atoms with Crippen molar-refractivity contribution in [2.45, 2.75) is 13.0 Å². The van der Waals surface area contributed by atoms with Gasteiger partial charge < -0.3 is 5.32 Å². The molecule has 1 aromatic carbocycles. The second kappa shape index (κ2) is 5.06. The van der Waals surface area contributed by atoms with Crippen LogP contribution in [0, 0.1) is 12.7 Å². The summed E-state index contributed by atoms with van der Waals surface area (Å²) in [6, 6.07) is 10.6. The number of benzene rings is 1. The Bertz CT molecular complexity index is 494. The molecule has 2 nitrogen and oxygen atoms in total. The quantitative estimate of drug-likeness (QED) is 0.877. The Hall–Kier alpha value is -1.74. The van der Waals surface area contributed by atoms with E-state index in [1.165, 1.54) is 6.07 Å². The molecule has 0 aliphatic heterocycles. The monoisotopic (exact) mass is 230 g/mol. The van der Waals surface area contributed by atoms with E-state index in [4.69, 9.17) is 0 Å². The molecule has 0 bridgehead atoms. The van der Waals surface area contributed by atoms with E-state index in [0.717, 1.165) is 16.8 Å². The molecular weight excluding hydrogens is 215 g/mol. The molecule has 0 saturated carbocycles. The van der Waals surface area contributed by atoms with Crippen molar-refractivity contribution in [2.24, 2.45) is 0 Å². The summed E-state index contributed by atoms with van der Waals surface area (Å²) in [6.45, 7) is 1.94. The van der Waals surface area contributed by atoms with Gasteiger partial charge in [0.2, 0.25) is 0 Å². The van der Waals surface area contributed by atoms with Crippen LogP contribution in [0.3, 0.4) is 0 Å². The lowest BCUT2D eigenvalue weighted by Crippen LogP contribution is -2.18. The summed E-state index contributed by atoms with van der Waals surface area (Å²) in [6.07, 6.45) is 1.82. The van der Waals surface area contributed by atoms with Crippen molar-refractivity contribution in [3.63, 3.8) is 0 Å². The van der Waals surface area contributed by atoms with Gasteiger partial charge in [-0.05, 0) is 43.3 Å². The molecule has 2 rings (SSSR count). The second-order valence-corrected chi connectivity index (χ2v) is 4.01. The zero-order chi connectivity index (χ0) is 12.3. The van der Waals surface area contributed by atoms with Crippen LogP contribution in [0.5, 0.6) is 0 Å². The van der Waals surface area contributed by atoms with E-state index < -0.39 is 0 Å². The fraction of sp³-hybridized carbons (Fsp3) is 0.214. The van der Waals surface area contributed by atoms with Gasteiger partial charge in [0, 0.05) is 11.9 Å². The lowest BCUT2D eigenvalue weighted by Gasteiger charge is -2.17. The molecule has 3 heteroatoms. The van der Waals surface area contributed by atoms with E-state index in [-0.39, 0.29) is 11.9 Å². The van der Waals surface area contributed by atoms with E-state index in [1.54, 1.807) is 12.1 Å². The van der Waals surface area contributed by atoms with Gasteiger partial charge in [-0.15, -0.1) is 0 Å². The predicted molar refractivity (Wildman–Crippen MR) is 66.3 cm³/mol. The number of hydrogen-bond donors (Lipinski definition) is 1. The van der Waals surface area contributed by atoms with Crippen LogP contribution in [0.1, 0.15) is 22.9 Å². The number of hydrogen-bond acceptors (Lipinski definition) is 2. The smallest absolute Gasteiger partial charge is 0.123 e. The number of nitrogens with zero attached hydrogens (tertiary/aromatic N) is 1. The van der Waals surface area contributed by atoms with Crippen LogP contribution in [0.4, 0.5) is 4.39 Å². The van der Waals surface area contributed by atoms with Gasteiger partial charge in [0.1, 0.15) is 5.82 Å². The second-order valence-electron chi connectivity index (χ2n) is 4.01. The molecule has 1 unspecified atom stereocenters. The van der Waals surface area contributed by atoms with Gasteiger partial charge in [-0.25, -0.2) is 4.39 Å². The third-order valence-corrected chi connectivity index (χ3v) is 2.74. The molecule has 88 valence electrons. The molecule has 17 heavy (non-hydrogen) atoms. The van der Waals surface area contributed by atoms with Gasteiger partial charge in [-0.3, -0.25) is 4.98 Å². The summed E-state index contributed by atoms with van der Waals surface area (Å²) >= 11 is 0. The van der Waals surface area contributed by atoms with Gasteiger partial charge in [-0.1, -0.05) is 18.2 Å². The Kier molecular flexibility index (Phi) is 3.49. The van der Waals surface area contributed by atoms with Crippen LogP contribution in [0.15, 0.2) is 42.6 Å². The number of nitrogens with one attached hydrogen (secondary N) is 1. The zero-order valence-electron chi connectivity index (χ0n) is 9.94. The Morgan fingerprint density at radius 2 is 2.00 bits per heavy atom. The molecular formula is C14H15FN2. The first-order chi connectivity index (χ1) is 8.20. The average molecular weight is 230 g/mol. The van der Waals surface area contributed by atoms with Gasteiger partial charge in [0.05, 0.1) is 6.04 Å². The maximum atomic E-state index is 13.2. The fourth-order valence-electron chi connectivity index (χ4n) is 1.86. The molecule has 1 heterocycles. The molecule has 0 spiro atoms. The standard InChI is InChI=1S/C14H15FN2/c1-10-6-7-12(9-17-10)14(16-2)11-4-3-5-13(15)8-11/h3-9,14,16H,1-2H3. The highest BCUT2D eigenvalue weighted by Gasteiger charge is 2.12. The van der Waals surface area contributed by atoms with Crippen LogP contribution in [-0.2, 0) is 0 Å². The van der Waals surface area contributed by atoms with E-state index >= 15 is 0 Å². The normalized spacial score (nSPS) is 12.4. The number of rotatable bonds is 3. The number of pyridine rings is 1. The van der Waals surface area contributed by atoms with Crippen LogP contribution in [0.2, 0.25) is 0 Å². The Balaban J connectivity index is 2.36. The largest absolute Gasteiger partial charge is 0.309 e. The van der Waals surface area contributed by atoms with Gasteiger partial charge in [-0.2, -0.15) is 0 Å². The van der Waals surface area contributed by atoms with Gasteiger partial charge in [0.25, 0.3) is 0 Å². The number of aromatic nitrogens is 1. The Labute approximate surface area is 101 Å². The molecule has 2 aromatic rings. The van der Waals surface area contributed by atoms with Crippen molar-refractivity contribution in [2.75, 3.05) is 7.05 Å². The van der Waals surface area contributed by atoms with Crippen LogP contribution in [-0.4, -0.2) is 12.0 Å². The molecule has 0 aliphatic carbocycles. The van der Waals surface area contributed by atoms with Crippen molar-refractivity contribution in [1.29, 1.82) is 0 Å². The Morgan fingerprint density at radius 1 is 1.18 bits per heavy atom. The lowest BCUT2D eigenvalue weighted by molar-refractivity contribution is 0.616. The molecule has 0 amide bonds. The van der Waals surface area contributed by atoms with Crippen LogP contribution < -0.4 is 5.32 Å². The average Bonchev–Trinajstić information content (AvgIpc) is 2.33. The predicted octanol–water partition coefficient (Wildman–Crippen LogP) is 2.84. The minimum Gasteiger partial charge on any atom is -0.309 e. The molecule has 1 aromatic heterocycles. The summed E-state index contributed by atoms with van der Waals surface area (Å²) in [5, 5.41) is 3.17. The Morgan fingerprint density at radius 3 is 2.59 bits per heavy atom. The van der Waals surface area contributed by atoms with Crippen LogP contribution in [0.25, 0.3) is 0 Å². The molecule has 1 atom stereocenters. The highest BCUT2D eigenvalue weighted by Crippen LogP contribution is 2.21. The molecule has 0 fully saturated rings. The van der Waals surface area contributed by atoms with Crippen molar-refractivity contribution in [3.8, 4) is 0 Å². The van der Waals surface area contributed by atoms with E-state index in [2.05, 4.69) is 10.3 Å². The summed E-state index contributed by atoms with van der Waals surface area (Å²) in [7, 11) is 1.86. The van der Waals surface area contributed by atoms with E-state index in [0.29, 0.717) is 0 Å². The third-order valence-electron chi connectivity index (χ3n) is 2.74. The summed E-state index contributed by atoms with van der Waals surface area (Å²) in [5.74, 6) is -0.220. The molecule has 0 saturated heterocycles. The first kappa shape index (κ1) is 11.7. The van der Waals surface area contributed by atoms with Crippen molar-refractivity contribution in [3.05, 3.63) is 65.2 Å². The third kappa shape index (κ3) is 2.68. The molecule has 0 radical (unpaired) electrons. The number of halogens is 1. The van der Waals surface area contributed by atoms with Gasteiger partial charge >= 0.3 is 0 Å². The minimum absolute atomic E-state index is 0.0289. The summed E-state index contributed by atoms with van der Waals surface area (Å²) in [5.41, 5.74) is 2.91. The SMILES string of the molecule is CNC(c1ccc(C)nc1)c1cccc(F)c1. The topological polar surface area (TPSA) is 24.9 Å². The minimum atomic E-state index is -0.220. The first-order valence-corrected chi connectivity index (χ1v) is 5.56. The maximum absolute atomic E-state index is 13.2. The highest BCUT2D eigenvalue weighted by molar-refractivity contribution is 5.30. The zero-order valence-corrected chi connectivity index (χ0v) is 9.94. The van der Waals surface area contributed by atoms with E-state index in [9.17, 15) is 4.39 Å². The summed E-state index contributed by atoms with van der Waals surface area (Å²) < 4.78 is 13.2. The first-order valence-electron chi connectivity index (χ1n) is 5.56. The van der Waals surface area contributed by atoms with Crippen LogP contribution >= 0.6 is 0 Å². The fourth-order valence-corrected chi connectivity index (χ4v) is 1.86.